The van der Waals surface area contributed by atoms with Crippen molar-refractivity contribution in [3.05, 3.63) is 0 Å². The molecule has 0 spiro atoms. The van der Waals surface area contributed by atoms with Gasteiger partial charge in [0.1, 0.15) is 42.5 Å². The number of hydrogen-bond donors (Lipinski definition) is 8. The van der Waals surface area contributed by atoms with Crippen LogP contribution in [0.5, 0.6) is 0 Å². The Balaban J connectivity index is 2.29. The minimum atomic E-state index is -1.65. The molecule has 56 heavy (non-hydrogen) atoms. The predicted octanol–water partition coefficient (Wildman–Crippen LogP) is 2.37. The van der Waals surface area contributed by atoms with Crippen LogP contribution >= 0.6 is 0 Å². The Kier molecular flexibility index (Phi) is 27.6. The molecule has 326 valence electrons. The number of aliphatic hydroxyl groups is 3. The van der Waals surface area contributed by atoms with Gasteiger partial charge in [0.2, 0.25) is 29.5 Å². The Bertz CT molecular complexity index is 1130. The summed E-state index contributed by atoms with van der Waals surface area (Å²) in [5, 5.41) is 40.5. The Labute approximate surface area is 334 Å². The second-order valence-electron chi connectivity index (χ2n) is 15.3. The quantitative estimate of drug-likeness (QED) is 0.0459. The fourth-order valence-electron chi connectivity index (χ4n) is 6.59. The van der Waals surface area contributed by atoms with Gasteiger partial charge < -0.3 is 56.5 Å². The van der Waals surface area contributed by atoms with Crippen LogP contribution in [0.25, 0.3) is 0 Å². The van der Waals surface area contributed by atoms with Crippen LogP contribution < -0.4 is 27.0 Å². The lowest BCUT2D eigenvalue weighted by atomic mass is 9.96. The summed E-state index contributed by atoms with van der Waals surface area (Å²) in [6.07, 6.45) is 13.6. The van der Waals surface area contributed by atoms with Crippen LogP contribution in [0.15, 0.2) is 0 Å². The number of aliphatic hydroxyl groups excluding tert-OH is 3. The summed E-state index contributed by atoms with van der Waals surface area (Å²) >= 11 is 0. The van der Waals surface area contributed by atoms with E-state index in [1.807, 2.05) is 6.92 Å². The highest BCUT2D eigenvalue weighted by atomic mass is 16.6. The Morgan fingerprint density at radius 3 is 1.80 bits per heavy atom. The third-order valence-electron chi connectivity index (χ3n) is 9.96. The second kappa shape index (κ2) is 30.2. The van der Waals surface area contributed by atoms with Crippen molar-refractivity contribution < 1.29 is 53.5 Å². The van der Waals surface area contributed by atoms with Crippen molar-refractivity contribution in [2.45, 2.75) is 205 Å². The first-order chi connectivity index (χ1) is 26.7. The van der Waals surface area contributed by atoms with Crippen molar-refractivity contribution in [2.24, 2.45) is 5.73 Å². The number of nitrogens with two attached hydrogens (primary N) is 1. The summed E-state index contributed by atoms with van der Waals surface area (Å²) < 4.78 is 16.5. The van der Waals surface area contributed by atoms with E-state index in [-0.39, 0.29) is 24.8 Å². The molecule has 1 heterocycles. The topological polar surface area (TPSA) is 248 Å². The third kappa shape index (κ3) is 22.2. The average molecular weight is 802 g/mol. The molecule has 1 unspecified atom stereocenters. The van der Waals surface area contributed by atoms with E-state index in [2.05, 4.69) is 28.2 Å². The number of carbonyl (C=O) groups is 5. The first kappa shape index (κ1) is 51.1. The Morgan fingerprint density at radius 2 is 1.30 bits per heavy atom. The van der Waals surface area contributed by atoms with Crippen LogP contribution in [-0.4, -0.2) is 120 Å². The van der Waals surface area contributed by atoms with E-state index in [1.54, 1.807) is 0 Å². The van der Waals surface area contributed by atoms with Crippen LogP contribution in [0, 0.1) is 0 Å². The summed E-state index contributed by atoms with van der Waals surface area (Å²) in [4.78, 5) is 62.1. The molecule has 1 saturated heterocycles. The van der Waals surface area contributed by atoms with Gasteiger partial charge in [-0.1, -0.05) is 103 Å². The van der Waals surface area contributed by atoms with E-state index < -0.39 is 79.1 Å². The molecule has 0 radical (unpaired) electrons. The van der Waals surface area contributed by atoms with Gasteiger partial charge in [0, 0.05) is 26.0 Å². The molecule has 1 aliphatic rings. The number of unbranched alkanes of at least 4 members (excludes halogenated alkanes) is 15. The highest BCUT2D eigenvalue weighted by molar-refractivity contribution is 5.92. The van der Waals surface area contributed by atoms with Gasteiger partial charge in [0.15, 0.2) is 6.29 Å². The number of hydrogen-bond acceptors (Lipinski definition) is 11. The van der Waals surface area contributed by atoms with Gasteiger partial charge in [-0.3, -0.25) is 24.0 Å². The molecular formula is C40H75N5O11. The van der Waals surface area contributed by atoms with E-state index in [0.29, 0.717) is 13.2 Å². The van der Waals surface area contributed by atoms with Crippen LogP contribution in [0.4, 0.5) is 0 Å². The van der Waals surface area contributed by atoms with Gasteiger partial charge in [-0.25, -0.2) is 0 Å². The zero-order chi connectivity index (χ0) is 41.9. The van der Waals surface area contributed by atoms with E-state index >= 15 is 0 Å². The van der Waals surface area contributed by atoms with Crippen LogP contribution in [-0.2, 0) is 38.2 Å². The van der Waals surface area contributed by atoms with Gasteiger partial charge in [-0.15, -0.1) is 0 Å². The number of ether oxygens (including phenoxy) is 3. The molecule has 9 atom stereocenters. The lowest BCUT2D eigenvalue weighted by Crippen LogP contribution is -2.65. The van der Waals surface area contributed by atoms with Gasteiger partial charge in [-0.2, -0.15) is 0 Å². The van der Waals surface area contributed by atoms with Gasteiger partial charge in [-0.05, 0) is 33.6 Å². The fourth-order valence-corrected chi connectivity index (χ4v) is 6.59. The molecule has 9 N–H and O–H groups in total. The highest BCUT2D eigenvalue weighted by Gasteiger charge is 2.47. The van der Waals surface area contributed by atoms with E-state index in [0.717, 1.165) is 12.8 Å². The number of rotatable bonds is 32. The minimum Gasteiger partial charge on any atom is -0.394 e. The normalized spacial score (nSPS) is 21.7. The van der Waals surface area contributed by atoms with E-state index in [4.69, 9.17) is 19.9 Å². The maximum atomic E-state index is 12.9. The second-order valence-corrected chi connectivity index (χ2v) is 15.3. The molecule has 0 saturated carbocycles. The summed E-state index contributed by atoms with van der Waals surface area (Å²) in [5.74, 6) is -3.29. The summed E-state index contributed by atoms with van der Waals surface area (Å²) in [7, 11) is 0. The molecule has 1 fully saturated rings. The first-order valence-electron chi connectivity index (χ1n) is 21.0. The number of nitrogens with one attached hydrogen (secondary N) is 4. The standard InChI is InChI=1S/C40H75N5O11/c1-6-7-8-9-10-11-12-13-14-15-16-17-18-19-20-21-24-54-26-27(2)42-33(48)23-22-31(37(41)50)45-38(51)28(3)43-39(52)29(4)55-36-34(44-30(5)47)40(53)56-32(25-46)35(36)49/h27-29,31-32,34-36,40,46,49,53H,6-26H2,1-5H3,(H2,41,50)(H,42,48)(H,43,52)(H,44,47)(H,45,51)/t27-,28-,29?,31+,32+,34+,35+,36+,40+/m0/s1. The molecule has 0 aromatic carbocycles. The number of primary amides is 1. The highest BCUT2D eigenvalue weighted by Crippen LogP contribution is 2.24. The minimum absolute atomic E-state index is 0.0691. The molecular weight excluding hydrogens is 726 g/mol. The average Bonchev–Trinajstić information content (AvgIpc) is 3.14. The molecule has 0 aromatic rings. The van der Waals surface area contributed by atoms with Crippen LogP contribution in [0.3, 0.4) is 0 Å². The SMILES string of the molecule is CCCCCCCCCCCCCCCCCCOC[C@H](C)NC(=O)CC[C@@H](NC(=O)[C@H](C)NC(=O)C(C)O[C@H]1[C@H](O)[C@@H](CO)O[C@@H](O)[C@@H]1NC(C)=O)C(N)=O. The molecule has 5 amide bonds. The molecule has 0 aliphatic carbocycles. The number of carbonyl (C=O) groups excluding carboxylic acids is 5. The van der Waals surface area contributed by atoms with Crippen molar-refractivity contribution >= 4 is 29.5 Å². The summed E-state index contributed by atoms with van der Waals surface area (Å²) in [6.45, 7) is 8.25. The molecule has 0 bridgehead atoms. The lowest BCUT2D eigenvalue weighted by molar-refractivity contribution is -0.266. The zero-order valence-electron chi connectivity index (χ0n) is 34.7. The van der Waals surface area contributed by atoms with Gasteiger partial charge >= 0.3 is 0 Å². The van der Waals surface area contributed by atoms with Crippen LogP contribution in [0.1, 0.15) is 150 Å². The van der Waals surface area contributed by atoms with E-state index in [9.17, 15) is 39.3 Å². The van der Waals surface area contributed by atoms with Crippen LogP contribution in [0.2, 0.25) is 0 Å². The van der Waals surface area contributed by atoms with Gasteiger partial charge in [0.25, 0.3) is 0 Å². The van der Waals surface area contributed by atoms with Crippen molar-refractivity contribution in [2.75, 3.05) is 19.8 Å². The van der Waals surface area contributed by atoms with Crippen molar-refractivity contribution in [1.82, 2.24) is 21.3 Å². The third-order valence-corrected chi connectivity index (χ3v) is 9.96. The monoisotopic (exact) mass is 802 g/mol. The van der Waals surface area contributed by atoms with E-state index in [1.165, 1.54) is 111 Å². The largest absolute Gasteiger partial charge is 0.394 e. The van der Waals surface area contributed by atoms with Crippen molar-refractivity contribution in [1.29, 1.82) is 0 Å². The fraction of sp³-hybridized carbons (Fsp3) is 0.875. The predicted molar refractivity (Wildman–Crippen MR) is 212 cm³/mol. The van der Waals surface area contributed by atoms with Crippen molar-refractivity contribution in [3.63, 3.8) is 0 Å². The zero-order valence-corrected chi connectivity index (χ0v) is 34.7. The molecule has 1 rings (SSSR count). The summed E-state index contributed by atoms with van der Waals surface area (Å²) in [5.41, 5.74) is 5.49. The first-order valence-corrected chi connectivity index (χ1v) is 21.0. The molecule has 1 aliphatic heterocycles. The molecule has 16 nitrogen and oxygen atoms in total. The maximum absolute atomic E-state index is 12.9. The van der Waals surface area contributed by atoms with Crippen molar-refractivity contribution in [3.8, 4) is 0 Å². The lowest BCUT2D eigenvalue weighted by Gasteiger charge is -2.43. The number of amides is 5. The molecule has 0 aromatic heterocycles. The van der Waals surface area contributed by atoms with Gasteiger partial charge in [0.05, 0.1) is 13.2 Å². The summed E-state index contributed by atoms with van der Waals surface area (Å²) in [6, 6.07) is -3.87. The molecule has 16 heteroatoms. The Hall–Kier alpha value is -2.89. The Morgan fingerprint density at radius 1 is 0.768 bits per heavy atom. The maximum Gasteiger partial charge on any atom is 0.249 e. The smallest absolute Gasteiger partial charge is 0.249 e.